The zero-order chi connectivity index (χ0) is 10.7. The number of amides is 1. The Hall–Kier alpha value is -1.39. The molecule has 0 atom stereocenters. The highest BCUT2D eigenvalue weighted by Gasteiger charge is 2.18. The molecule has 1 aromatic rings. The average molecular weight is 209 g/mol. The molecule has 0 spiro atoms. The quantitative estimate of drug-likeness (QED) is 0.743. The highest BCUT2D eigenvalue weighted by molar-refractivity contribution is 5.76. The van der Waals surface area contributed by atoms with Crippen LogP contribution in [0.3, 0.4) is 0 Å². The average Bonchev–Trinajstić information content (AvgIpc) is 2.84. The van der Waals surface area contributed by atoms with Crippen LogP contribution in [0.25, 0.3) is 0 Å². The summed E-state index contributed by atoms with van der Waals surface area (Å²) in [5.41, 5.74) is 0. The molecule has 1 fully saturated rings. The summed E-state index contributed by atoms with van der Waals surface area (Å²) in [4.78, 5) is 17.6. The van der Waals surface area contributed by atoms with Gasteiger partial charge in [0, 0.05) is 25.9 Å². The fraction of sp³-hybridized carbons (Fsp3) is 0.700. The van der Waals surface area contributed by atoms with Crippen molar-refractivity contribution in [1.82, 2.24) is 15.0 Å². The molecule has 2 heterocycles. The van der Waals surface area contributed by atoms with Gasteiger partial charge in [0.05, 0.1) is 0 Å². The maximum atomic E-state index is 11.7. The van der Waals surface area contributed by atoms with Crippen LogP contribution >= 0.6 is 0 Å². The van der Waals surface area contributed by atoms with E-state index in [4.69, 9.17) is 4.52 Å². The van der Waals surface area contributed by atoms with Crippen molar-refractivity contribution in [3.05, 3.63) is 11.7 Å². The van der Waals surface area contributed by atoms with Gasteiger partial charge in [-0.2, -0.15) is 4.98 Å². The van der Waals surface area contributed by atoms with Gasteiger partial charge in [-0.25, -0.2) is 0 Å². The number of likely N-dealkylation sites (tertiary alicyclic amines) is 1. The molecule has 82 valence electrons. The molecule has 5 heteroatoms. The van der Waals surface area contributed by atoms with Crippen molar-refractivity contribution in [1.29, 1.82) is 0 Å². The molecule has 0 N–H and O–H groups in total. The van der Waals surface area contributed by atoms with E-state index in [-0.39, 0.29) is 5.91 Å². The van der Waals surface area contributed by atoms with Gasteiger partial charge in [0.25, 0.3) is 0 Å². The van der Waals surface area contributed by atoms with Crippen molar-refractivity contribution < 1.29 is 9.32 Å². The van der Waals surface area contributed by atoms with E-state index < -0.39 is 0 Å². The molecule has 0 unspecified atom stereocenters. The lowest BCUT2D eigenvalue weighted by molar-refractivity contribution is -0.130. The Morgan fingerprint density at radius 3 is 2.80 bits per heavy atom. The van der Waals surface area contributed by atoms with E-state index in [1.807, 2.05) is 4.90 Å². The van der Waals surface area contributed by atoms with Crippen LogP contribution in [0.2, 0.25) is 0 Å². The molecule has 2 rings (SSSR count). The molecule has 1 aromatic heterocycles. The van der Waals surface area contributed by atoms with Crippen molar-refractivity contribution in [3.63, 3.8) is 0 Å². The molecular weight excluding hydrogens is 194 g/mol. The Labute approximate surface area is 88.5 Å². The fourth-order valence-electron chi connectivity index (χ4n) is 1.78. The minimum absolute atomic E-state index is 0.198. The molecule has 0 radical (unpaired) electrons. The van der Waals surface area contributed by atoms with Crippen LogP contribution in [-0.2, 0) is 11.2 Å². The first kappa shape index (κ1) is 10.1. The predicted molar refractivity (Wildman–Crippen MR) is 53.2 cm³/mol. The minimum atomic E-state index is 0.198. The maximum Gasteiger partial charge on any atom is 0.227 e. The van der Waals surface area contributed by atoms with Crippen molar-refractivity contribution in [2.24, 2.45) is 0 Å². The van der Waals surface area contributed by atoms with E-state index in [1.165, 1.54) is 0 Å². The smallest absolute Gasteiger partial charge is 0.227 e. The number of hydrogen-bond acceptors (Lipinski definition) is 4. The van der Waals surface area contributed by atoms with Gasteiger partial charge in [-0.1, -0.05) is 5.16 Å². The van der Waals surface area contributed by atoms with Gasteiger partial charge < -0.3 is 9.42 Å². The first-order chi connectivity index (χ1) is 7.25. The molecule has 0 bridgehead atoms. The van der Waals surface area contributed by atoms with E-state index in [0.29, 0.717) is 24.6 Å². The molecule has 1 aliphatic heterocycles. The summed E-state index contributed by atoms with van der Waals surface area (Å²) >= 11 is 0. The number of aromatic nitrogens is 2. The summed E-state index contributed by atoms with van der Waals surface area (Å²) < 4.78 is 4.95. The zero-order valence-corrected chi connectivity index (χ0v) is 8.90. The summed E-state index contributed by atoms with van der Waals surface area (Å²) in [6.07, 6.45) is 3.29. The lowest BCUT2D eigenvalue weighted by atomic mass is 10.3. The first-order valence-electron chi connectivity index (χ1n) is 5.32. The molecule has 0 saturated carbocycles. The number of aryl methyl sites for hydroxylation is 2. The second-order valence-electron chi connectivity index (χ2n) is 3.82. The topological polar surface area (TPSA) is 59.2 Å². The molecule has 15 heavy (non-hydrogen) atoms. The summed E-state index contributed by atoms with van der Waals surface area (Å²) in [5, 5.41) is 3.68. The van der Waals surface area contributed by atoms with E-state index in [9.17, 15) is 4.79 Å². The Balaban J connectivity index is 1.80. The maximum absolute atomic E-state index is 11.7. The number of carbonyl (C=O) groups is 1. The van der Waals surface area contributed by atoms with E-state index in [0.717, 1.165) is 25.9 Å². The second-order valence-corrected chi connectivity index (χ2v) is 3.82. The Kier molecular flexibility index (Phi) is 2.99. The van der Waals surface area contributed by atoms with Gasteiger partial charge in [-0.3, -0.25) is 4.79 Å². The molecule has 1 amide bonds. The molecule has 0 aromatic carbocycles. The fourth-order valence-corrected chi connectivity index (χ4v) is 1.78. The second kappa shape index (κ2) is 4.42. The predicted octanol–water partition coefficient (Wildman–Crippen LogP) is 0.933. The lowest BCUT2D eigenvalue weighted by Crippen LogP contribution is -2.27. The van der Waals surface area contributed by atoms with E-state index in [2.05, 4.69) is 10.1 Å². The van der Waals surface area contributed by atoms with Crippen LogP contribution in [0.5, 0.6) is 0 Å². The van der Waals surface area contributed by atoms with Crippen LogP contribution < -0.4 is 0 Å². The van der Waals surface area contributed by atoms with Crippen LogP contribution in [0.15, 0.2) is 4.52 Å². The first-order valence-corrected chi connectivity index (χ1v) is 5.32. The third-order valence-electron chi connectivity index (χ3n) is 2.58. The van der Waals surface area contributed by atoms with Crippen molar-refractivity contribution in [3.8, 4) is 0 Å². The summed E-state index contributed by atoms with van der Waals surface area (Å²) in [6.45, 7) is 3.58. The Bertz CT molecular complexity index is 342. The van der Waals surface area contributed by atoms with Gasteiger partial charge in [0.15, 0.2) is 5.82 Å². The van der Waals surface area contributed by atoms with Gasteiger partial charge in [-0.05, 0) is 19.8 Å². The van der Waals surface area contributed by atoms with Crippen LogP contribution in [-0.4, -0.2) is 34.0 Å². The summed E-state index contributed by atoms with van der Waals surface area (Å²) in [7, 11) is 0. The third kappa shape index (κ3) is 2.55. The highest BCUT2D eigenvalue weighted by atomic mass is 16.5. The third-order valence-corrected chi connectivity index (χ3v) is 2.58. The zero-order valence-electron chi connectivity index (χ0n) is 8.90. The minimum Gasteiger partial charge on any atom is -0.343 e. The van der Waals surface area contributed by atoms with Crippen LogP contribution in [0, 0.1) is 6.92 Å². The Morgan fingerprint density at radius 1 is 1.47 bits per heavy atom. The van der Waals surface area contributed by atoms with Gasteiger partial charge in [0.1, 0.15) is 0 Å². The largest absolute Gasteiger partial charge is 0.343 e. The summed E-state index contributed by atoms with van der Waals surface area (Å²) in [6, 6.07) is 0. The van der Waals surface area contributed by atoms with Gasteiger partial charge in [-0.15, -0.1) is 0 Å². The highest BCUT2D eigenvalue weighted by Crippen LogP contribution is 2.10. The molecule has 1 aliphatic rings. The monoisotopic (exact) mass is 209 g/mol. The normalized spacial score (nSPS) is 15.9. The van der Waals surface area contributed by atoms with Crippen LogP contribution in [0.1, 0.15) is 31.0 Å². The molecule has 1 saturated heterocycles. The van der Waals surface area contributed by atoms with Crippen LogP contribution in [0.4, 0.5) is 0 Å². The SMILES string of the molecule is Cc1noc(CCC(=O)N2CCCC2)n1. The standard InChI is InChI=1S/C10H15N3O2/c1-8-11-9(15-12-8)4-5-10(14)13-6-2-3-7-13/h2-7H2,1H3. The molecule has 0 aliphatic carbocycles. The van der Waals surface area contributed by atoms with Gasteiger partial charge in [0.2, 0.25) is 11.8 Å². The number of rotatable bonds is 3. The van der Waals surface area contributed by atoms with Crippen molar-refractivity contribution >= 4 is 5.91 Å². The number of carbonyl (C=O) groups excluding carboxylic acids is 1. The van der Waals surface area contributed by atoms with E-state index >= 15 is 0 Å². The number of nitrogens with zero attached hydrogens (tertiary/aromatic N) is 3. The van der Waals surface area contributed by atoms with Gasteiger partial charge >= 0.3 is 0 Å². The van der Waals surface area contributed by atoms with Crippen molar-refractivity contribution in [2.45, 2.75) is 32.6 Å². The Morgan fingerprint density at radius 2 is 2.20 bits per heavy atom. The number of hydrogen-bond donors (Lipinski definition) is 0. The molecule has 5 nitrogen and oxygen atoms in total. The molecular formula is C10H15N3O2. The van der Waals surface area contributed by atoms with E-state index in [1.54, 1.807) is 6.92 Å². The lowest BCUT2D eigenvalue weighted by Gasteiger charge is -2.13. The summed E-state index contributed by atoms with van der Waals surface area (Å²) in [5.74, 6) is 1.38. The van der Waals surface area contributed by atoms with Crippen molar-refractivity contribution in [2.75, 3.05) is 13.1 Å².